The summed E-state index contributed by atoms with van der Waals surface area (Å²) in [5, 5.41) is 0.939. The van der Waals surface area contributed by atoms with Crippen molar-refractivity contribution in [1.82, 2.24) is 14.9 Å². The summed E-state index contributed by atoms with van der Waals surface area (Å²) in [5.41, 5.74) is 4.13. The number of nitrogens with zero attached hydrogens (tertiary/aromatic N) is 4. The summed E-state index contributed by atoms with van der Waals surface area (Å²) in [6, 6.07) is 16.0. The number of pyridine rings is 2. The van der Waals surface area contributed by atoms with Crippen molar-refractivity contribution in [3.8, 4) is 17.0 Å². The number of likely N-dealkylation sites (tertiary alicyclic amines) is 1. The van der Waals surface area contributed by atoms with Crippen LogP contribution in [0.15, 0.2) is 71.9 Å². The van der Waals surface area contributed by atoms with Gasteiger partial charge < -0.3 is 14.5 Å². The van der Waals surface area contributed by atoms with Crippen LogP contribution in [0.25, 0.3) is 22.0 Å². The van der Waals surface area contributed by atoms with Crippen LogP contribution in [0.3, 0.4) is 0 Å². The zero-order valence-electron chi connectivity index (χ0n) is 24.7. The number of anilines is 2. The molecule has 7 rings (SSSR count). The summed E-state index contributed by atoms with van der Waals surface area (Å²) in [6.45, 7) is 3.61. The third kappa shape index (κ3) is 5.50. The molecular formula is C33H36ClN5O4S. The Morgan fingerprint density at radius 3 is 2.48 bits per heavy atom. The Morgan fingerprint density at radius 1 is 0.955 bits per heavy atom. The number of sulfonamides is 1. The highest BCUT2D eigenvalue weighted by molar-refractivity contribution is 7.92. The smallest absolute Gasteiger partial charge is 0.262 e. The highest BCUT2D eigenvalue weighted by atomic mass is 35.5. The van der Waals surface area contributed by atoms with Gasteiger partial charge in [0.05, 0.1) is 34.3 Å². The minimum absolute atomic E-state index is 0. The minimum Gasteiger partial charge on any atom is -0.476 e. The molecule has 2 fully saturated rings. The topological polar surface area (TPSA) is 105 Å². The van der Waals surface area contributed by atoms with Crippen LogP contribution in [0.2, 0.25) is 0 Å². The maximum Gasteiger partial charge on any atom is 0.262 e. The van der Waals surface area contributed by atoms with Gasteiger partial charge in [-0.1, -0.05) is 30.7 Å². The number of amides is 1. The second-order valence-electron chi connectivity index (χ2n) is 11.8. The molecule has 0 radical (unpaired) electrons. The number of carbonyl (C=O) groups is 1. The fraction of sp³-hybridized carbons (Fsp3) is 0.364. The van der Waals surface area contributed by atoms with Gasteiger partial charge in [0.1, 0.15) is 5.69 Å². The third-order valence-corrected chi connectivity index (χ3v) is 10.3. The van der Waals surface area contributed by atoms with Gasteiger partial charge >= 0.3 is 0 Å². The highest BCUT2D eigenvalue weighted by Crippen LogP contribution is 2.58. The number of halogens is 1. The number of ether oxygens (including phenoxy) is 1. The summed E-state index contributed by atoms with van der Waals surface area (Å²) < 4.78 is 35.5. The molecule has 3 aliphatic rings. The molecule has 4 heterocycles. The molecule has 1 saturated heterocycles. The van der Waals surface area contributed by atoms with E-state index in [1.54, 1.807) is 53.7 Å². The van der Waals surface area contributed by atoms with Crippen molar-refractivity contribution in [2.24, 2.45) is 0 Å². The van der Waals surface area contributed by atoms with Gasteiger partial charge in [-0.15, -0.1) is 12.4 Å². The van der Waals surface area contributed by atoms with E-state index in [1.807, 2.05) is 25.2 Å². The lowest BCUT2D eigenvalue weighted by molar-refractivity contribution is -0.119. The first-order valence-corrected chi connectivity index (χ1v) is 16.5. The lowest BCUT2D eigenvalue weighted by atomic mass is 9.92. The van der Waals surface area contributed by atoms with Crippen molar-refractivity contribution in [2.45, 2.75) is 48.8 Å². The average molecular weight is 634 g/mol. The molecule has 9 nitrogen and oxygen atoms in total. The van der Waals surface area contributed by atoms with E-state index in [0.29, 0.717) is 6.61 Å². The van der Waals surface area contributed by atoms with E-state index in [1.165, 1.54) is 19.3 Å². The van der Waals surface area contributed by atoms with Crippen LogP contribution in [-0.4, -0.2) is 62.5 Å². The van der Waals surface area contributed by atoms with Gasteiger partial charge in [-0.25, -0.2) is 13.4 Å². The molecule has 1 saturated carbocycles. The second kappa shape index (κ2) is 12.0. The summed E-state index contributed by atoms with van der Waals surface area (Å²) in [7, 11) is -2.06. The van der Waals surface area contributed by atoms with Crippen LogP contribution >= 0.6 is 12.4 Å². The van der Waals surface area contributed by atoms with E-state index in [-0.39, 0.29) is 34.8 Å². The standard InChI is InChI=1S/C33H35N5O4S.ClH/c1-37-29-22-34-27-12-11-23(19-26(27)30(29)33(13-14-33)32(37)39)24-20-28(36-43(40,41)25-9-4-2-5-10-25)31(35-21-24)42-18-8-17-38-15-6-3-7-16-38;/h2,4-5,9-12,19-22,36H,3,6-8,13-18H2,1H3;1H. The minimum atomic E-state index is -3.88. The Morgan fingerprint density at radius 2 is 1.73 bits per heavy atom. The molecule has 2 aromatic heterocycles. The van der Waals surface area contributed by atoms with Gasteiger partial charge in [-0.05, 0) is 81.1 Å². The molecular weight excluding hydrogens is 598 g/mol. The van der Waals surface area contributed by atoms with E-state index in [2.05, 4.69) is 19.6 Å². The first kappa shape index (κ1) is 30.3. The molecule has 2 aliphatic heterocycles. The molecule has 230 valence electrons. The van der Waals surface area contributed by atoms with Crippen molar-refractivity contribution in [2.75, 3.05) is 42.9 Å². The van der Waals surface area contributed by atoms with E-state index in [9.17, 15) is 13.2 Å². The van der Waals surface area contributed by atoms with Crippen LogP contribution in [0.1, 0.15) is 44.1 Å². The lowest BCUT2D eigenvalue weighted by Crippen LogP contribution is -2.31. The molecule has 1 aliphatic carbocycles. The molecule has 1 amide bonds. The zero-order chi connectivity index (χ0) is 29.6. The molecule has 1 spiro atoms. The summed E-state index contributed by atoms with van der Waals surface area (Å²) >= 11 is 0. The Bertz CT molecular complexity index is 1810. The molecule has 4 aromatic rings. The van der Waals surface area contributed by atoms with Crippen LogP contribution in [0, 0.1) is 0 Å². The number of rotatable bonds is 9. The van der Waals surface area contributed by atoms with Gasteiger partial charge in [0.25, 0.3) is 10.0 Å². The molecule has 0 atom stereocenters. The van der Waals surface area contributed by atoms with Gasteiger partial charge in [0, 0.05) is 36.3 Å². The highest BCUT2D eigenvalue weighted by Gasteiger charge is 2.59. The first-order valence-electron chi connectivity index (χ1n) is 15.0. The number of likely N-dealkylation sites (N-methyl/N-ethyl adjacent to an activating group) is 1. The van der Waals surface area contributed by atoms with Gasteiger partial charge in [0.2, 0.25) is 11.8 Å². The predicted molar refractivity (Wildman–Crippen MR) is 174 cm³/mol. The van der Waals surface area contributed by atoms with Crippen molar-refractivity contribution >= 4 is 50.6 Å². The van der Waals surface area contributed by atoms with Crippen molar-refractivity contribution in [3.63, 3.8) is 0 Å². The summed E-state index contributed by atoms with van der Waals surface area (Å²) in [4.78, 5) is 26.6. The Labute approximate surface area is 264 Å². The third-order valence-electron chi connectivity index (χ3n) is 8.94. The van der Waals surface area contributed by atoms with Gasteiger partial charge in [0.15, 0.2) is 0 Å². The molecule has 2 aromatic carbocycles. The molecule has 1 N–H and O–H groups in total. The Balaban J connectivity index is 0.00000343. The number of aromatic nitrogens is 2. The van der Waals surface area contributed by atoms with E-state index < -0.39 is 15.4 Å². The maximum absolute atomic E-state index is 13.3. The second-order valence-corrected chi connectivity index (χ2v) is 13.5. The normalized spacial score (nSPS) is 17.4. The summed E-state index contributed by atoms with van der Waals surface area (Å²) in [6.07, 6.45) is 9.76. The fourth-order valence-corrected chi connectivity index (χ4v) is 7.56. The van der Waals surface area contributed by atoms with Crippen LogP contribution in [-0.2, 0) is 20.2 Å². The summed E-state index contributed by atoms with van der Waals surface area (Å²) in [5.74, 6) is 0.373. The van der Waals surface area contributed by atoms with Crippen molar-refractivity contribution < 1.29 is 17.9 Å². The van der Waals surface area contributed by atoms with E-state index in [0.717, 1.165) is 72.2 Å². The van der Waals surface area contributed by atoms with Crippen molar-refractivity contribution in [3.05, 3.63) is 72.6 Å². The van der Waals surface area contributed by atoms with Crippen LogP contribution in [0.4, 0.5) is 11.4 Å². The first-order chi connectivity index (χ1) is 20.9. The molecule has 0 unspecified atom stereocenters. The number of piperidine rings is 1. The maximum atomic E-state index is 13.3. The monoisotopic (exact) mass is 633 g/mol. The van der Waals surface area contributed by atoms with Gasteiger partial charge in [-0.2, -0.15) is 0 Å². The quantitative estimate of drug-likeness (QED) is 0.233. The molecule has 11 heteroatoms. The number of nitrogens with one attached hydrogen (secondary N) is 1. The van der Waals surface area contributed by atoms with Gasteiger partial charge in [-0.3, -0.25) is 14.5 Å². The fourth-order valence-electron chi connectivity index (χ4n) is 6.49. The lowest BCUT2D eigenvalue weighted by Gasteiger charge is -2.26. The number of fused-ring (bicyclic) bond motifs is 4. The molecule has 44 heavy (non-hydrogen) atoms. The molecule has 0 bridgehead atoms. The Kier molecular flexibility index (Phi) is 8.26. The zero-order valence-corrected chi connectivity index (χ0v) is 26.3. The largest absolute Gasteiger partial charge is 0.476 e. The average Bonchev–Trinajstić information content (AvgIpc) is 3.81. The van der Waals surface area contributed by atoms with Crippen LogP contribution < -0.4 is 14.4 Å². The number of hydrogen-bond donors (Lipinski definition) is 1. The van der Waals surface area contributed by atoms with Crippen molar-refractivity contribution in [1.29, 1.82) is 0 Å². The number of benzene rings is 2. The SMILES string of the molecule is CN1C(=O)C2(CC2)c2c1cnc1ccc(-c3cnc(OCCCN4CCCCC4)c(NS(=O)(=O)c4ccccc4)c3)cc21.Cl. The van der Waals surface area contributed by atoms with Crippen LogP contribution in [0.5, 0.6) is 5.88 Å². The number of carbonyl (C=O) groups excluding carboxylic acids is 1. The van der Waals surface area contributed by atoms with E-state index >= 15 is 0 Å². The number of hydrogen-bond acceptors (Lipinski definition) is 7. The van der Waals surface area contributed by atoms with E-state index in [4.69, 9.17) is 4.74 Å². The predicted octanol–water partition coefficient (Wildman–Crippen LogP) is 5.78. The Hall–Kier alpha value is -3.73.